The van der Waals surface area contributed by atoms with Gasteiger partial charge in [-0.3, -0.25) is 0 Å². The molecule has 0 unspecified atom stereocenters. The highest BCUT2D eigenvalue weighted by Gasteiger charge is 2.08. The van der Waals surface area contributed by atoms with Crippen LogP contribution in [0.15, 0.2) is 54.9 Å². The van der Waals surface area contributed by atoms with Crippen molar-refractivity contribution in [1.82, 2.24) is 9.97 Å². The van der Waals surface area contributed by atoms with Crippen molar-refractivity contribution < 1.29 is 9.53 Å². The Kier molecular flexibility index (Phi) is 3.47. The molecule has 5 heteroatoms. The lowest BCUT2D eigenvalue weighted by Gasteiger charge is -2.09. The van der Waals surface area contributed by atoms with Gasteiger partial charge in [0, 0.05) is 11.1 Å². The largest absolute Gasteiger partial charge is 0.464 e. The van der Waals surface area contributed by atoms with Gasteiger partial charge >= 0.3 is 5.97 Å². The van der Waals surface area contributed by atoms with Crippen molar-refractivity contribution in [3.05, 3.63) is 60.6 Å². The first-order chi connectivity index (χ1) is 10.3. The maximum absolute atomic E-state index is 11.3. The van der Waals surface area contributed by atoms with Crippen LogP contribution in [-0.2, 0) is 4.74 Å². The summed E-state index contributed by atoms with van der Waals surface area (Å²) in [5, 5.41) is 5.44. The van der Waals surface area contributed by atoms with Gasteiger partial charge in [-0.2, -0.15) is 0 Å². The van der Waals surface area contributed by atoms with Gasteiger partial charge in [-0.1, -0.05) is 36.4 Å². The number of hydrogen-bond donors (Lipinski definition) is 1. The van der Waals surface area contributed by atoms with E-state index >= 15 is 0 Å². The lowest BCUT2D eigenvalue weighted by atomic mass is 10.1. The zero-order chi connectivity index (χ0) is 14.7. The maximum atomic E-state index is 11.3. The Morgan fingerprint density at radius 1 is 1.05 bits per heavy atom. The zero-order valence-corrected chi connectivity index (χ0v) is 11.4. The van der Waals surface area contributed by atoms with E-state index in [1.54, 1.807) is 0 Å². The molecule has 0 fully saturated rings. The molecule has 0 saturated heterocycles. The molecular weight excluding hydrogens is 266 g/mol. The van der Waals surface area contributed by atoms with Gasteiger partial charge in [0.25, 0.3) is 0 Å². The number of benzene rings is 2. The van der Waals surface area contributed by atoms with Crippen molar-refractivity contribution in [3.63, 3.8) is 0 Å². The Bertz CT molecular complexity index is 780. The number of nitrogens with zero attached hydrogens (tertiary/aromatic N) is 2. The summed E-state index contributed by atoms with van der Waals surface area (Å²) in [7, 11) is 1.31. The molecule has 1 aromatic heterocycles. The Hall–Kier alpha value is -2.95. The maximum Gasteiger partial charge on any atom is 0.358 e. The van der Waals surface area contributed by atoms with Crippen LogP contribution in [0.3, 0.4) is 0 Å². The van der Waals surface area contributed by atoms with Gasteiger partial charge in [0.15, 0.2) is 5.69 Å². The van der Waals surface area contributed by atoms with Crippen molar-refractivity contribution in [2.24, 2.45) is 0 Å². The molecule has 0 atom stereocenters. The Morgan fingerprint density at radius 2 is 1.86 bits per heavy atom. The number of anilines is 2. The van der Waals surface area contributed by atoms with Gasteiger partial charge in [-0.15, -0.1) is 0 Å². The molecule has 0 saturated carbocycles. The average Bonchev–Trinajstić information content (AvgIpc) is 2.55. The van der Waals surface area contributed by atoms with Crippen LogP contribution in [0.2, 0.25) is 0 Å². The summed E-state index contributed by atoms with van der Waals surface area (Å²) in [5.41, 5.74) is 1.12. The van der Waals surface area contributed by atoms with Crippen LogP contribution in [0.4, 0.5) is 11.5 Å². The summed E-state index contributed by atoms with van der Waals surface area (Å²) in [6.45, 7) is 0. The van der Waals surface area contributed by atoms with Crippen molar-refractivity contribution in [2.75, 3.05) is 12.4 Å². The second-order valence-electron chi connectivity index (χ2n) is 4.43. The van der Waals surface area contributed by atoms with E-state index < -0.39 is 5.97 Å². The second-order valence-corrected chi connectivity index (χ2v) is 4.43. The molecule has 1 heterocycles. The number of esters is 1. The quantitative estimate of drug-likeness (QED) is 0.746. The minimum atomic E-state index is -0.501. The molecule has 104 valence electrons. The highest BCUT2D eigenvalue weighted by Crippen LogP contribution is 2.25. The predicted molar refractivity (Wildman–Crippen MR) is 80.6 cm³/mol. The lowest BCUT2D eigenvalue weighted by Crippen LogP contribution is -2.05. The molecule has 0 bridgehead atoms. The molecule has 3 aromatic rings. The standard InChI is InChI=1S/C16H13N3O2/c1-21-16(20)14-9-18-15(10-17-14)19-13-8-4-6-11-5-2-3-7-12(11)13/h2-10H,1H3,(H,18,19). The molecule has 3 rings (SSSR count). The zero-order valence-electron chi connectivity index (χ0n) is 11.4. The van der Waals surface area contributed by atoms with Crippen LogP contribution < -0.4 is 5.32 Å². The fourth-order valence-electron chi connectivity index (χ4n) is 2.07. The molecule has 0 amide bonds. The van der Waals surface area contributed by atoms with E-state index in [4.69, 9.17) is 0 Å². The SMILES string of the molecule is COC(=O)c1cnc(Nc2cccc3ccccc23)cn1. The summed E-state index contributed by atoms with van der Waals surface area (Å²) in [6.07, 6.45) is 2.90. The molecular formula is C16H13N3O2. The summed E-state index contributed by atoms with van der Waals surface area (Å²) in [6, 6.07) is 14.1. The molecule has 21 heavy (non-hydrogen) atoms. The van der Waals surface area contributed by atoms with E-state index in [9.17, 15) is 4.79 Å². The van der Waals surface area contributed by atoms with E-state index in [-0.39, 0.29) is 5.69 Å². The van der Waals surface area contributed by atoms with Gasteiger partial charge in [-0.25, -0.2) is 14.8 Å². The first-order valence-electron chi connectivity index (χ1n) is 6.43. The number of carbonyl (C=O) groups excluding carboxylic acids is 1. The van der Waals surface area contributed by atoms with Crippen molar-refractivity contribution >= 4 is 28.2 Å². The predicted octanol–water partition coefficient (Wildman–Crippen LogP) is 3.16. The van der Waals surface area contributed by atoms with Crippen LogP contribution in [0.1, 0.15) is 10.5 Å². The van der Waals surface area contributed by atoms with Gasteiger partial charge in [0.05, 0.1) is 19.5 Å². The van der Waals surface area contributed by atoms with Crippen molar-refractivity contribution in [1.29, 1.82) is 0 Å². The van der Waals surface area contributed by atoms with Gasteiger partial charge in [-0.05, 0) is 11.5 Å². The topological polar surface area (TPSA) is 64.1 Å². The van der Waals surface area contributed by atoms with E-state index in [1.807, 2.05) is 42.5 Å². The Balaban J connectivity index is 1.90. The van der Waals surface area contributed by atoms with Crippen LogP contribution in [0.25, 0.3) is 10.8 Å². The summed E-state index contributed by atoms with van der Waals surface area (Å²) in [4.78, 5) is 19.5. The van der Waals surface area contributed by atoms with E-state index in [1.165, 1.54) is 19.5 Å². The lowest BCUT2D eigenvalue weighted by molar-refractivity contribution is 0.0593. The number of hydrogen-bond acceptors (Lipinski definition) is 5. The van der Waals surface area contributed by atoms with Crippen molar-refractivity contribution in [2.45, 2.75) is 0 Å². The number of nitrogens with one attached hydrogen (secondary N) is 1. The molecule has 2 aromatic carbocycles. The molecule has 0 aliphatic heterocycles. The van der Waals surface area contributed by atoms with Gasteiger partial charge < -0.3 is 10.1 Å². The fourth-order valence-corrected chi connectivity index (χ4v) is 2.07. The van der Waals surface area contributed by atoms with Crippen molar-refractivity contribution in [3.8, 4) is 0 Å². The van der Waals surface area contributed by atoms with Gasteiger partial charge in [0.1, 0.15) is 5.82 Å². The number of fused-ring (bicyclic) bond motifs is 1. The Morgan fingerprint density at radius 3 is 2.62 bits per heavy atom. The molecule has 0 radical (unpaired) electrons. The molecule has 0 aliphatic rings. The highest BCUT2D eigenvalue weighted by atomic mass is 16.5. The van der Waals surface area contributed by atoms with Crippen LogP contribution in [0, 0.1) is 0 Å². The summed E-state index contributed by atoms with van der Waals surface area (Å²) >= 11 is 0. The number of rotatable bonds is 3. The number of carbonyl (C=O) groups is 1. The minimum absolute atomic E-state index is 0.181. The molecule has 1 N–H and O–H groups in total. The smallest absolute Gasteiger partial charge is 0.358 e. The monoisotopic (exact) mass is 279 g/mol. The number of aromatic nitrogens is 2. The summed E-state index contributed by atoms with van der Waals surface area (Å²) < 4.78 is 4.59. The van der Waals surface area contributed by atoms with Gasteiger partial charge in [0.2, 0.25) is 0 Å². The third kappa shape index (κ3) is 2.67. The first-order valence-corrected chi connectivity index (χ1v) is 6.43. The summed E-state index contributed by atoms with van der Waals surface area (Å²) in [5.74, 6) is 0.0678. The average molecular weight is 279 g/mol. The molecule has 0 spiro atoms. The second kappa shape index (κ2) is 5.58. The van der Waals surface area contributed by atoms with E-state index in [0.29, 0.717) is 5.82 Å². The number of methoxy groups -OCH3 is 1. The molecule has 0 aliphatic carbocycles. The fraction of sp³-hybridized carbons (Fsp3) is 0.0625. The highest BCUT2D eigenvalue weighted by molar-refractivity contribution is 5.95. The van der Waals surface area contributed by atoms with Crippen LogP contribution >= 0.6 is 0 Å². The Labute approximate surface area is 121 Å². The minimum Gasteiger partial charge on any atom is -0.464 e. The third-order valence-electron chi connectivity index (χ3n) is 3.10. The normalized spacial score (nSPS) is 10.3. The first kappa shape index (κ1) is 13.1. The van der Waals surface area contributed by atoms with Crippen LogP contribution in [0.5, 0.6) is 0 Å². The number of ether oxygens (including phenoxy) is 1. The molecule has 5 nitrogen and oxygen atoms in total. The van der Waals surface area contributed by atoms with Crippen LogP contribution in [-0.4, -0.2) is 23.0 Å². The third-order valence-corrected chi connectivity index (χ3v) is 3.10. The van der Waals surface area contributed by atoms with E-state index in [2.05, 4.69) is 20.0 Å². The van der Waals surface area contributed by atoms with E-state index in [0.717, 1.165) is 16.5 Å².